The van der Waals surface area contributed by atoms with Crippen LogP contribution in [0.5, 0.6) is 0 Å². The fourth-order valence-electron chi connectivity index (χ4n) is 2.04. The van der Waals surface area contributed by atoms with E-state index < -0.39 is 5.60 Å². The molecular formula is C13H17N3O2. The summed E-state index contributed by atoms with van der Waals surface area (Å²) >= 11 is 0. The molecule has 2 rings (SSSR count). The average molecular weight is 247 g/mol. The zero-order valence-electron chi connectivity index (χ0n) is 10.2. The number of nitrogens with zero attached hydrogens (tertiary/aromatic N) is 2. The van der Waals surface area contributed by atoms with E-state index in [1.165, 1.54) is 0 Å². The minimum absolute atomic E-state index is 0.434. The first-order valence-corrected chi connectivity index (χ1v) is 6.08. The predicted octanol–water partition coefficient (Wildman–Crippen LogP) is 0.584. The number of nitrogens with one attached hydrogen (secondary N) is 1. The van der Waals surface area contributed by atoms with Gasteiger partial charge in [0, 0.05) is 50.9 Å². The van der Waals surface area contributed by atoms with Gasteiger partial charge in [0.1, 0.15) is 11.8 Å². The smallest absolute Gasteiger partial charge is 0.144 e. The molecule has 1 fully saturated rings. The van der Waals surface area contributed by atoms with Crippen molar-refractivity contribution in [3.05, 3.63) is 29.6 Å². The lowest BCUT2D eigenvalue weighted by molar-refractivity contribution is -0.0617. The van der Waals surface area contributed by atoms with Gasteiger partial charge in [-0.3, -0.25) is 0 Å². The molecule has 0 bridgehead atoms. The molecule has 1 aromatic heterocycles. The number of aromatic nitrogens is 1. The van der Waals surface area contributed by atoms with Gasteiger partial charge in [-0.05, 0) is 6.07 Å². The van der Waals surface area contributed by atoms with Crippen LogP contribution in [0, 0.1) is 11.3 Å². The highest BCUT2D eigenvalue weighted by molar-refractivity contribution is 5.30. The molecule has 18 heavy (non-hydrogen) atoms. The normalized spacial score (nSPS) is 18.2. The summed E-state index contributed by atoms with van der Waals surface area (Å²) in [5, 5.41) is 22.4. The molecule has 0 aliphatic carbocycles. The molecule has 1 aliphatic heterocycles. The van der Waals surface area contributed by atoms with Gasteiger partial charge in [-0.25, -0.2) is 4.98 Å². The average Bonchev–Trinajstić information content (AvgIpc) is 2.40. The summed E-state index contributed by atoms with van der Waals surface area (Å²) < 4.78 is 5.23. The van der Waals surface area contributed by atoms with E-state index in [1.807, 2.05) is 6.07 Å². The number of rotatable bonds is 4. The van der Waals surface area contributed by atoms with Gasteiger partial charge in [0.05, 0.1) is 5.60 Å². The summed E-state index contributed by atoms with van der Waals surface area (Å²) in [7, 11) is 0. The fraction of sp³-hybridized carbons (Fsp3) is 0.538. The van der Waals surface area contributed by atoms with E-state index in [2.05, 4.69) is 16.4 Å². The minimum atomic E-state index is -0.687. The first-order valence-electron chi connectivity index (χ1n) is 6.08. The van der Waals surface area contributed by atoms with E-state index in [9.17, 15) is 5.11 Å². The highest BCUT2D eigenvalue weighted by atomic mass is 16.5. The number of aliphatic hydroxyl groups is 1. The highest BCUT2D eigenvalue weighted by Crippen LogP contribution is 2.19. The molecule has 0 spiro atoms. The molecule has 96 valence electrons. The number of pyridine rings is 1. The quantitative estimate of drug-likeness (QED) is 0.814. The van der Waals surface area contributed by atoms with E-state index in [0.717, 1.165) is 5.56 Å². The van der Waals surface area contributed by atoms with E-state index in [0.29, 0.717) is 44.8 Å². The topological polar surface area (TPSA) is 78.2 Å². The summed E-state index contributed by atoms with van der Waals surface area (Å²) in [4.78, 5) is 4.00. The summed E-state index contributed by atoms with van der Waals surface area (Å²) in [5.41, 5.74) is 0.604. The Hall–Kier alpha value is -1.48. The van der Waals surface area contributed by atoms with Gasteiger partial charge < -0.3 is 15.2 Å². The van der Waals surface area contributed by atoms with Crippen LogP contribution in [0.4, 0.5) is 0 Å². The number of ether oxygens (including phenoxy) is 1. The molecule has 2 heterocycles. The number of hydrogen-bond acceptors (Lipinski definition) is 5. The second-order valence-electron chi connectivity index (χ2n) is 4.56. The molecule has 1 saturated heterocycles. The van der Waals surface area contributed by atoms with Crippen LogP contribution in [0.1, 0.15) is 24.1 Å². The first-order chi connectivity index (χ1) is 8.73. The van der Waals surface area contributed by atoms with Crippen LogP contribution in [-0.4, -0.2) is 35.5 Å². The Morgan fingerprint density at radius 3 is 3.00 bits per heavy atom. The zero-order valence-corrected chi connectivity index (χ0v) is 10.2. The third-order valence-electron chi connectivity index (χ3n) is 3.19. The van der Waals surface area contributed by atoms with Crippen LogP contribution in [0.2, 0.25) is 0 Å². The van der Waals surface area contributed by atoms with Crippen molar-refractivity contribution in [1.82, 2.24) is 10.3 Å². The van der Waals surface area contributed by atoms with Gasteiger partial charge in [0.15, 0.2) is 0 Å². The van der Waals surface area contributed by atoms with Gasteiger partial charge in [-0.2, -0.15) is 5.26 Å². The molecule has 1 aliphatic rings. The molecule has 1 aromatic rings. The molecule has 5 nitrogen and oxygen atoms in total. The monoisotopic (exact) mass is 247 g/mol. The van der Waals surface area contributed by atoms with Crippen molar-refractivity contribution in [1.29, 1.82) is 5.26 Å². The Morgan fingerprint density at radius 2 is 2.28 bits per heavy atom. The number of nitriles is 1. The molecule has 5 heteroatoms. The molecule has 0 atom stereocenters. The lowest BCUT2D eigenvalue weighted by Crippen LogP contribution is -2.44. The second kappa shape index (κ2) is 5.91. The maximum Gasteiger partial charge on any atom is 0.144 e. The molecule has 2 N–H and O–H groups in total. The van der Waals surface area contributed by atoms with Crippen molar-refractivity contribution in [3.63, 3.8) is 0 Å². The van der Waals surface area contributed by atoms with Gasteiger partial charge in [-0.1, -0.05) is 6.07 Å². The Labute approximate surface area is 106 Å². The Morgan fingerprint density at radius 1 is 1.50 bits per heavy atom. The van der Waals surface area contributed by atoms with Crippen molar-refractivity contribution >= 4 is 0 Å². The maximum absolute atomic E-state index is 10.3. The molecule has 0 saturated carbocycles. The van der Waals surface area contributed by atoms with Crippen molar-refractivity contribution in [2.45, 2.75) is 25.0 Å². The predicted molar refractivity (Wildman–Crippen MR) is 65.7 cm³/mol. The van der Waals surface area contributed by atoms with Crippen LogP contribution in [0.15, 0.2) is 18.3 Å². The minimum Gasteiger partial charge on any atom is -0.388 e. The van der Waals surface area contributed by atoms with Crippen LogP contribution >= 0.6 is 0 Å². The largest absolute Gasteiger partial charge is 0.388 e. The summed E-state index contributed by atoms with van der Waals surface area (Å²) in [5.74, 6) is 0. The van der Waals surface area contributed by atoms with Crippen LogP contribution in [0.25, 0.3) is 0 Å². The second-order valence-corrected chi connectivity index (χ2v) is 4.56. The van der Waals surface area contributed by atoms with Crippen molar-refractivity contribution in [2.75, 3.05) is 19.8 Å². The Bertz CT molecular complexity index is 436. The maximum atomic E-state index is 10.3. The zero-order chi connectivity index (χ0) is 12.8. The van der Waals surface area contributed by atoms with Gasteiger partial charge >= 0.3 is 0 Å². The van der Waals surface area contributed by atoms with Gasteiger partial charge in [-0.15, -0.1) is 0 Å². The standard InChI is InChI=1S/C13H17N3O2/c14-8-12-11(2-1-5-16-12)9-15-10-13(17)3-6-18-7-4-13/h1-2,5,15,17H,3-4,6-7,9-10H2. The highest BCUT2D eigenvalue weighted by Gasteiger charge is 2.29. The van der Waals surface area contributed by atoms with Crippen molar-refractivity contribution in [3.8, 4) is 6.07 Å². The Balaban J connectivity index is 1.86. The summed E-state index contributed by atoms with van der Waals surface area (Å²) in [6, 6.07) is 5.73. The van der Waals surface area contributed by atoms with E-state index in [-0.39, 0.29) is 0 Å². The van der Waals surface area contributed by atoms with Gasteiger partial charge in [0.2, 0.25) is 0 Å². The third kappa shape index (κ3) is 3.26. The molecule has 0 amide bonds. The van der Waals surface area contributed by atoms with Crippen LogP contribution in [0.3, 0.4) is 0 Å². The number of hydrogen-bond donors (Lipinski definition) is 2. The Kier molecular flexibility index (Phi) is 4.26. The van der Waals surface area contributed by atoms with E-state index in [1.54, 1.807) is 12.3 Å². The van der Waals surface area contributed by atoms with Crippen LogP contribution < -0.4 is 5.32 Å². The fourth-order valence-corrected chi connectivity index (χ4v) is 2.04. The molecule has 0 radical (unpaired) electrons. The van der Waals surface area contributed by atoms with E-state index in [4.69, 9.17) is 10.00 Å². The van der Waals surface area contributed by atoms with Crippen LogP contribution in [-0.2, 0) is 11.3 Å². The first kappa shape index (κ1) is 13.0. The lowest BCUT2D eigenvalue weighted by atomic mass is 9.94. The summed E-state index contributed by atoms with van der Waals surface area (Å²) in [6.07, 6.45) is 2.91. The van der Waals surface area contributed by atoms with E-state index >= 15 is 0 Å². The summed E-state index contributed by atoms with van der Waals surface area (Å²) in [6.45, 7) is 2.26. The molecule has 0 aromatic carbocycles. The molecule has 0 unspecified atom stereocenters. The van der Waals surface area contributed by atoms with Crippen molar-refractivity contribution < 1.29 is 9.84 Å². The SMILES string of the molecule is N#Cc1ncccc1CNCC1(O)CCOCC1. The molecular weight excluding hydrogens is 230 g/mol. The van der Waals surface area contributed by atoms with Gasteiger partial charge in [0.25, 0.3) is 0 Å². The third-order valence-corrected chi connectivity index (χ3v) is 3.19. The lowest BCUT2D eigenvalue weighted by Gasteiger charge is -2.32. The van der Waals surface area contributed by atoms with Crippen molar-refractivity contribution in [2.24, 2.45) is 0 Å².